The van der Waals surface area contributed by atoms with Crippen LogP contribution in [0.15, 0.2) is 76.4 Å². The third-order valence-corrected chi connectivity index (χ3v) is 7.98. The topological polar surface area (TPSA) is 85.2 Å². The van der Waals surface area contributed by atoms with Crippen LogP contribution in [0.4, 0.5) is 5.69 Å². The van der Waals surface area contributed by atoms with Gasteiger partial charge in [0.1, 0.15) is 0 Å². The Labute approximate surface area is 202 Å². The molecule has 0 aliphatic heterocycles. The number of sulfonamides is 1. The zero-order valence-electron chi connectivity index (χ0n) is 19.5. The summed E-state index contributed by atoms with van der Waals surface area (Å²) in [5, 5.41) is 0. The molecule has 0 spiro atoms. The Morgan fingerprint density at radius 1 is 0.971 bits per heavy atom. The Kier molecular flexibility index (Phi) is 6.22. The van der Waals surface area contributed by atoms with Crippen molar-refractivity contribution in [1.29, 1.82) is 0 Å². The number of benzene rings is 3. The maximum absolute atomic E-state index is 13.0. The molecule has 8 heteroatoms. The second-order valence-electron chi connectivity index (χ2n) is 9.08. The first kappa shape index (κ1) is 23.9. The van der Waals surface area contributed by atoms with Gasteiger partial charge >= 0.3 is 4.87 Å². The summed E-state index contributed by atoms with van der Waals surface area (Å²) in [4.78, 5) is 25.0. The van der Waals surface area contributed by atoms with E-state index < -0.39 is 10.0 Å². The second-order valence-corrected chi connectivity index (χ2v) is 11.8. The van der Waals surface area contributed by atoms with Crippen LogP contribution in [-0.2, 0) is 22.0 Å². The second kappa shape index (κ2) is 8.85. The molecular formula is C26H26N2O4S2. The zero-order chi connectivity index (χ0) is 24.7. The minimum Gasteiger partial charge on any atom is -0.299 e. The van der Waals surface area contributed by atoms with Crippen LogP contribution in [0, 0.1) is 0 Å². The molecule has 0 fully saturated rings. The number of nitrogens with zero attached hydrogens (tertiary/aromatic N) is 1. The maximum atomic E-state index is 13.0. The van der Waals surface area contributed by atoms with Crippen molar-refractivity contribution in [2.75, 3.05) is 4.72 Å². The number of hydrogen-bond donors (Lipinski definition) is 1. The molecule has 176 valence electrons. The number of carbonyl (C=O) groups excluding carboxylic acids is 1. The van der Waals surface area contributed by atoms with Crippen LogP contribution in [0.2, 0.25) is 0 Å². The Morgan fingerprint density at radius 3 is 2.32 bits per heavy atom. The molecule has 1 aromatic heterocycles. The third kappa shape index (κ3) is 4.69. The molecule has 3 aromatic carbocycles. The van der Waals surface area contributed by atoms with Gasteiger partial charge in [-0.05, 0) is 48.2 Å². The molecule has 4 rings (SSSR count). The molecule has 0 unspecified atom stereocenters. The van der Waals surface area contributed by atoms with E-state index >= 15 is 0 Å². The number of ketones is 1. The Bertz CT molecular complexity index is 1540. The number of aromatic nitrogens is 1. The molecule has 1 heterocycles. The van der Waals surface area contributed by atoms with Crippen molar-refractivity contribution in [1.82, 2.24) is 4.57 Å². The minimum absolute atomic E-state index is 0.0159. The fraction of sp³-hybridized carbons (Fsp3) is 0.231. The van der Waals surface area contributed by atoms with Gasteiger partial charge < -0.3 is 0 Å². The van der Waals surface area contributed by atoms with E-state index in [9.17, 15) is 18.0 Å². The summed E-state index contributed by atoms with van der Waals surface area (Å²) in [6.45, 7) is 8.71. The van der Waals surface area contributed by atoms with Crippen molar-refractivity contribution in [3.05, 3.63) is 93.1 Å². The predicted octanol–water partition coefficient (Wildman–Crippen LogP) is 5.41. The number of aryl methyl sites for hydroxylation is 1. The Morgan fingerprint density at radius 2 is 1.68 bits per heavy atom. The number of nitrogens with one attached hydrogen (secondary N) is 1. The Balaban J connectivity index is 1.60. The van der Waals surface area contributed by atoms with Crippen LogP contribution in [-0.4, -0.2) is 18.8 Å². The molecule has 0 radical (unpaired) electrons. The smallest absolute Gasteiger partial charge is 0.299 e. The van der Waals surface area contributed by atoms with Gasteiger partial charge in [-0.25, -0.2) is 8.42 Å². The normalized spacial score (nSPS) is 12.1. The number of hydrogen-bond acceptors (Lipinski definition) is 5. The molecule has 0 saturated heterocycles. The van der Waals surface area contributed by atoms with Gasteiger partial charge in [0, 0.05) is 23.4 Å². The lowest BCUT2D eigenvalue weighted by Crippen LogP contribution is -2.14. The van der Waals surface area contributed by atoms with Gasteiger partial charge in [0.25, 0.3) is 10.0 Å². The van der Waals surface area contributed by atoms with E-state index in [4.69, 9.17) is 0 Å². The van der Waals surface area contributed by atoms with Gasteiger partial charge in [0.05, 0.1) is 15.1 Å². The number of thiazole rings is 1. The Hall–Kier alpha value is -3.23. The van der Waals surface area contributed by atoms with Gasteiger partial charge in [-0.3, -0.25) is 18.9 Å². The quantitative estimate of drug-likeness (QED) is 0.363. The highest BCUT2D eigenvalue weighted by atomic mass is 32.2. The SMILES string of the molecule is CCn1c(=O)sc2cc(S(=O)(=O)Nc3cccc(C(=O)c4ccc(C(C)(C)C)cc4)c3)ccc21. The summed E-state index contributed by atoms with van der Waals surface area (Å²) < 4.78 is 30.8. The fourth-order valence-corrected chi connectivity index (χ4v) is 5.88. The fourth-order valence-electron chi connectivity index (χ4n) is 3.74. The molecule has 1 N–H and O–H groups in total. The van der Waals surface area contributed by atoms with Crippen molar-refractivity contribution in [2.45, 2.75) is 44.6 Å². The lowest BCUT2D eigenvalue weighted by atomic mass is 9.86. The summed E-state index contributed by atoms with van der Waals surface area (Å²) in [6.07, 6.45) is 0. The first-order valence-electron chi connectivity index (χ1n) is 10.9. The molecular weight excluding hydrogens is 468 g/mol. The van der Waals surface area contributed by atoms with E-state index in [0.29, 0.717) is 27.9 Å². The molecule has 6 nitrogen and oxygen atoms in total. The average Bonchev–Trinajstić information content (AvgIpc) is 3.12. The van der Waals surface area contributed by atoms with Gasteiger partial charge in [-0.15, -0.1) is 0 Å². The summed E-state index contributed by atoms with van der Waals surface area (Å²) in [5.74, 6) is -0.186. The minimum atomic E-state index is -3.91. The standard InChI is InChI=1S/C26H26N2O4S2/c1-5-28-22-14-13-21(16-23(22)33-25(28)30)34(31,32)27-20-8-6-7-18(15-20)24(29)17-9-11-19(12-10-17)26(2,3)4/h6-16,27H,5H2,1-4H3. The lowest BCUT2D eigenvalue weighted by Gasteiger charge is -2.19. The van der Waals surface area contributed by atoms with Crippen molar-refractivity contribution in [3.63, 3.8) is 0 Å². The number of carbonyl (C=O) groups is 1. The highest BCUT2D eigenvalue weighted by Gasteiger charge is 2.19. The number of fused-ring (bicyclic) bond motifs is 1. The zero-order valence-corrected chi connectivity index (χ0v) is 21.1. The maximum Gasteiger partial charge on any atom is 0.308 e. The van der Waals surface area contributed by atoms with E-state index in [1.807, 2.05) is 19.1 Å². The monoisotopic (exact) mass is 494 g/mol. The predicted molar refractivity (Wildman–Crippen MR) is 138 cm³/mol. The highest BCUT2D eigenvalue weighted by Crippen LogP contribution is 2.25. The first-order chi connectivity index (χ1) is 16.0. The molecule has 0 amide bonds. The molecule has 0 bridgehead atoms. The van der Waals surface area contributed by atoms with Crippen LogP contribution in [0.3, 0.4) is 0 Å². The van der Waals surface area contributed by atoms with E-state index in [-0.39, 0.29) is 26.7 Å². The average molecular weight is 495 g/mol. The summed E-state index contributed by atoms with van der Waals surface area (Å²) in [5.41, 5.74) is 3.03. The van der Waals surface area contributed by atoms with E-state index in [1.54, 1.807) is 41.0 Å². The number of rotatable bonds is 6. The van der Waals surface area contributed by atoms with Crippen molar-refractivity contribution >= 4 is 43.0 Å². The summed E-state index contributed by atoms with van der Waals surface area (Å²) in [7, 11) is -3.91. The summed E-state index contributed by atoms with van der Waals surface area (Å²) in [6, 6.07) is 18.5. The van der Waals surface area contributed by atoms with Crippen molar-refractivity contribution in [2.24, 2.45) is 0 Å². The molecule has 4 aromatic rings. The van der Waals surface area contributed by atoms with Crippen LogP contribution in [0.1, 0.15) is 49.2 Å². The van der Waals surface area contributed by atoms with Gasteiger partial charge in [-0.1, -0.05) is 68.5 Å². The molecule has 0 aliphatic rings. The van der Waals surface area contributed by atoms with E-state index in [0.717, 1.165) is 16.9 Å². The highest BCUT2D eigenvalue weighted by molar-refractivity contribution is 7.92. The van der Waals surface area contributed by atoms with Gasteiger partial charge in [0.2, 0.25) is 0 Å². The van der Waals surface area contributed by atoms with Crippen molar-refractivity contribution in [3.8, 4) is 0 Å². The molecule has 0 saturated carbocycles. The third-order valence-electron chi connectivity index (χ3n) is 5.66. The van der Waals surface area contributed by atoms with Crippen LogP contribution in [0.25, 0.3) is 10.2 Å². The molecule has 0 atom stereocenters. The van der Waals surface area contributed by atoms with Crippen LogP contribution >= 0.6 is 11.3 Å². The van der Waals surface area contributed by atoms with E-state index in [1.165, 1.54) is 18.2 Å². The van der Waals surface area contributed by atoms with E-state index in [2.05, 4.69) is 25.5 Å². The lowest BCUT2D eigenvalue weighted by molar-refractivity contribution is 0.103. The van der Waals surface area contributed by atoms with Gasteiger partial charge in [-0.2, -0.15) is 0 Å². The van der Waals surface area contributed by atoms with Gasteiger partial charge in [0.15, 0.2) is 5.78 Å². The van der Waals surface area contributed by atoms with Crippen LogP contribution < -0.4 is 9.60 Å². The molecule has 0 aliphatic carbocycles. The van der Waals surface area contributed by atoms with Crippen molar-refractivity contribution < 1.29 is 13.2 Å². The largest absolute Gasteiger partial charge is 0.308 e. The van der Waals surface area contributed by atoms with Crippen LogP contribution in [0.5, 0.6) is 0 Å². The summed E-state index contributed by atoms with van der Waals surface area (Å²) >= 11 is 1.02. The first-order valence-corrected chi connectivity index (χ1v) is 13.2. The molecule has 34 heavy (non-hydrogen) atoms. The number of anilines is 1.